The molecule has 19 heavy (non-hydrogen) atoms. The Hall–Kier alpha value is -2.69. The highest BCUT2D eigenvalue weighted by atomic mass is 16.4. The third kappa shape index (κ3) is 3.64. The third-order valence-corrected chi connectivity index (χ3v) is 2.54. The van der Waals surface area contributed by atoms with Crippen LogP contribution in [0.5, 0.6) is 0 Å². The molecule has 1 heterocycles. The Morgan fingerprint density at radius 1 is 1.21 bits per heavy atom. The van der Waals surface area contributed by atoms with Gasteiger partial charge in [0.2, 0.25) is 5.95 Å². The normalized spacial score (nSPS) is 11.3. The number of nitrogens with two attached hydrogens (primary N) is 1. The lowest BCUT2D eigenvalue weighted by atomic mass is 10.0. The number of hydrogen-bond donors (Lipinski definition) is 2. The lowest BCUT2D eigenvalue weighted by molar-refractivity contribution is -0.132. The molecule has 1 aromatic heterocycles. The van der Waals surface area contributed by atoms with Crippen molar-refractivity contribution in [3.63, 3.8) is 0 Å². The second-order valence-corrected chi connectivity index (χ2v) is 4.01. The van der Waals surface area contributed by atoms with E-state index in [9.17, 15) is 9.90 Å². The summed E-state index contributed by atoms with van der Waals surface area (Å²) >= 11 is 0. The highest BCUT2D eigenvalue weighted by molar-refractivity contribution is 5.92. The van der Waals surface area contributed by atoms with Crippen molar-refractivity contribution in [1.82, 2.24) is 9.97 Å². The number of carbonyl (C=O) groups is 1. The fourth-order valence-electron chi connectivity index (χ4n) is 1.63. The molecule has 0 bridgehead atoms. The summed E-state index contributed by atoms with van der Waals surface area (Å²) in [6.45, 7) is 0. The van der Waals surface area contributed by atoms with Crippen LogP contribution < -0.4 is 5.73 Å². The topological polar surface area (TPSA) is 89.1 Å². The Balaban J connectivity index is 2.25. The number of nitrogens with zero attached hydrogens (tertiary/aromatic N) is 2. The highest BCUT2D eigenvalue weighted by Gasteiger charge is 2.08. The van der Waals surface area contributed by atoms with Crippen molar-refractivity contribution in [2.24, 2.45) is 0 Å². The van der Waals surface area contributed by atoms with Gasteiger partial charge in [-0.3, -0.25) is 0 Å². The molecule has 0 aliphatic heterocycles. The molecule has 1 aromatic carbocycles. The number of benzene rings is 1. The Bertz CT molecular complexity index is 592. The molecular weight excluding hydrogens is 242 g/mol. The van der Waals surface area contributed by atoms with Crippen molar-refractivity contribution >= 4 is 18.0 Å². The molecule has 0 fully saturated rings. The van der Waals surface area contributed by atoms with Gasteiger partial charge in [-0.25, -0.2) is 14.8 Å². The summed E-state index contributed by atoms with van der Waals surface area (Å²) in [6, 6.07) is 9.41. The van der Waals surface area contributed by atoms with Crippen LogP contribution in [0.25, 0.3) is 6.08 Å². The lowest BCUT2D eigenvalue weighted by Gasteiger charge is -2.03. The number of anilines is 1. The third-order valence-electron chi connectivity index (χ3n) is 2.54. The highest BCUT2D eigenvalue weighted by Crippen LogP contribution is 2.12. The van der Waals surface area contributed by atoms with Crippen molar-refractivity contribution in [2.45, 2.75) is 6.42 Å². The molecule has 0 aliphatic rings. The minimum Gasteiger partial charge on any atom is -0.478 e. The predicted octanol–water partition coefficient (Wildman–Crippen LogP) is 1.77. The van der Waals surface area contributed by atoms with Crippen LogP contribution in [0.4, 0.5) is 5.95 Å². The number of carboxylic acids is 1. The van der Waals surface area contributed by atoms with E-state index in [0.717, 1.165) is 5.56 Å². The number of nitrogen functional groups attached to an aromatic ring is 1. The monoisotopic (exact) mass is 255 g/mol. The molecule has 2 rings (SSSR count). The van der Waals surface area contributed by atoms with Gasteiger partial charge in [0, 0.05) is 30.0 Å². The number of hydrogen-bond acceptors (Lipinski definition) is 4. The van der Waals surface area contributed by atoms with E-state index < -0.39 is 5.97 Å². The summed E-state index contributed by atoms with van der Waals surface area (Å²) in [5, 5.41) is 9.22. The van der Waals surface area contributed by atoms with E-state index in [4.69, 9.17) is 5.73 Å². The SMILES string of the molecule is Nc1ncc(C=C(Cc2ccccc2)C(=O)O)cn1. The second-order valence-electron chi connectivity index (χ2n) is 4.01. The van der Waals surface area contributed by atoms with Crippen LogP contribution in [-0.4, -0.2) is 21.0 Å². The van der Waals surface area contributed by atoms with Crippen LogP contribution in [0, 0.1) is 0 Å². The quantitative estimate of drug-likeness (QED) is 0.813. The molecule has 96 valence electrons. The zero-order valence-corrected chi connectivity index (χ0v) is 10.2. The molecule has 0 spiro atoms. The number of aromatic nitrogens is 2. The first-order valence-electron chi connectivity index (χ1n) is 5.70. The van der Waals surface area contributed by atoms with Gasteiger partial charge in [0.05, 0.1) is 0 Å². The average molecular weight is 255 g/mol. The largest absolute Gasteiger partial charge is 0.478 e. The van der Waals surface area contributed by atoms with Crippen LogP contribution >= 0.6 is 0 Å². The minimum absolute atomic E-state index is 0.164. The summed E-state index contributed by atoms with van der Waals surface area (Å²) in [5.41, 5.74) is 7.21. The van der Waals surface area contributed by atoms with Crippen LogP contribution in [0.1, 0.15) is 11.1 Å². The molecule has 0 amide bonds. The van der Waals surface area contributed by atoms with Gasteiger partial charge in [0.1, 0.15) is 0 Å². The van der Waals surface area contributed by atoms with Crippen LogP contribution in [0.3, 0.4) is 0 Å². The van der Waals surface area contributed by atoms with Gasteiger partial charge >= 0.3 is 5.97 Å². The standard InChI is InChI=1S/C14H13N3O2/c15-14-16-8-11(9-17-14)7-12(13(18)19)6-10-4-2-1-3-5-10/h1-5,7-9H,6H2,(H,18,19)(H2,15,16,17). The summed E-state index contributed by atoms with van der Waals surface area (Å²) in [7, 11) is 0. The summed E-state index contributed by atoms with van der Waals surface area (Å²) in [4.78, 5) is 18.9. The van der Waals surface area contributed by atoms with Crippen LogP contribution in [0.15, 0.2) is 48.3 Å². The summed E-state index contributed by atoms with van der Waals surface area (Å²) in [6.07, 6.45) is 4.89. The van der Waals surface area contributed by atoms with E-state index in [0.29, 0.717) is 12.0 Å². The van der Waals surface area contributed by atoms with Crippen LogP contribution in [0.2, 0.25) is 0 Å². The van der Waals surface area contributed by atoms with Gasteiger partial charge in [-0.2, -0.15) is 0 Å². The zero-order valence-electron chi connectivity index (χ0n) is 10.2. The van der Waals surface area contributed by atoms with Crippen molar-refractivity contribution < 1.29 is 9.90 Å². The van der Waals surface area contributed by atoms with Crippen molar-refractivity contribution in [2.75, 3.05) is 5.73 Å². The maximum Gasteiger partial charge on any atom is 0.331 e. The van der Waals surface area contributed by atoms with Gasteiger partial charge in [-0.1, -0.05) is 30.3 Å². The van der Waals surface area contributed by atoms with Crippen molar-refractivity contribution in [3.8, 4) is 0 Å². The molecule has 5 heteroatoms. The zero-order chi connectivity index (χ0) is 13.7. The first-order valence-corrected chi connectivity index (χ1v) is 5.70. The maximum absolute atomic E-state index is 11.2. The number of aliphatic carboxylic acids is 1. The fourth-order valence-corrected chi connectivity index (χ4v) is 1.63. The summed E-state index contributed by atoms with van der Waals surface area (Å²) < 4.78 is 0. The van der Waals surface area contributed by atoms with E-state index in [1.165, 1.54) is 12.4 Å². The molecule has 0 radical (unpaired) electrons. The molecule has 0 aliphatic carbocycles. The van der Waals surface area contributed by atoms with Gasteiger partial charge < -0.3 is 10.8 Å². The maximum atomic E-state index is 11.2. The van der Waals surface area contributed by atoms with Gasteiger partial charge in [0.25, 0.3) is 0 Å². The Morgan fingerprint density at radius 2 is 1.84 bits per heavy atom. The Morgan fingerprint density at radius 3 is 2.42 bits per heavy atom. The fraction of sp³-hybridized carbons (Fsp3) is 0.0714. The molecule has 2 aromatic rings. The Kier molecular flexibility index (Phi) is 3.87. The van der Waals surface area contributed by atoms with E-state index in [-0.39, 0.29) is 11.5 Å². The van der Waals surface area contributed by atoms with Gasteiger partial charge in [0.15, 0.2) is 0 Å². The number of rotatable bonds is 4. The average Bonchev–Trinajstić information content (AvgIpc) is 2.41. The minimum atomic E-state index is -0.958. The van der Waals surface area contributed by atoms with Crippen molar-refractivity contribution in [3.05, 3.63) is 59.4 Å². The number of carboxylic acid groups (broad SMARTS) is 1. The first kappa shape index (κ1) is 12.8. The van der Waals surface area contributed by atoms with Gasteiger partial charge in [-0.05, 0) is 11.6 Å². The predicted molar refractivity (Wildman–Crippen MR) is 72.2 cm³/mol. The summed E-state index contributed by atoms with van der Waals surface area (Å²) in [5.74, 6) is -0.794. The first-order chi connectivity index (χ1) is 9.15. The molecule has 0 saturated heterocycles. The molecular formula is C14H13N3O2. The van der Waals surface area contributed by atoms with E-state index in [1.54, 1.807) is 6.08 Å². The van der Waals surface area contributed by atoms with E-state index >= 15 is 0 Å². The van der Waals surface area contributed by atoms with Crippen LogP contribution in [-0.2, 0) is 11.2 Å². The van der Waals surface area contributed by atoms with Gasteiger partial charge in [-0.15, -0.1) is 0 Å². The van der Waals surface area contributed by atoms with E-state index in [1.807, 2.05) is 30.3 Å². The van der Waals surface area contributed by atoms with Crippen molar-refractivity contribution in [1.29, 1.82) is 0 Å². The molecule has 0 atom stereocenters. The Labute approximate surface area is 110 Å². The molecule has 3 N–H and O–H groups in total. The lowest BCUT2D eigenvalue weighted by Crippen LogP contribution is -2.04. The molecule has 5 nitrogen and oxygen atoms in total. The molecule has 0 saturated carbocycles. The second kappa shape index (κ2) is 5.77. The molecule has 0 unspecified atom stereocenters. The smallest absolute Gasteiger partial charge is 0.331 e. The van der Waals surface area contributed by atoms with E-state index in [2.05, 4.69) is 9.97 Å².